The van der Waals surface area contributed by atoms with E-state index in [1.165, 1.54) is 0 Å². The number of carbonyl (C=O) groups excluding carboxylic acids is 1. The number of esters is 1. The van der Waals surface area contributed by atoms with Crippen LogP contribution in [0.3, 0.4) is 0 Å². The van der Waals surface area contributed by atoms with Gasteiger partial charge in [-0.25, -0.2) is 4.79 Å². The average molecular weight is 149 g/mol. The molecule has 0 spiro atoms. The molecule has 0 atom stereocenters. The minimum atomic E-state index is -0.950. The molecule has 0 aliphatic rings. The molecule has 0 saturated carbocycles. The summed E-state index contributed by atoms with van der Waals surface area (Å²) in [5.41, 5.74) is 0. The van der Waals surface area contributed by atoms with Gasteiger partial charge in [-0.05, 0) is 13.8 Å². The highest BCUT2D eigenvalue weighted by atomic mass is 35.5. The van der Waals surface area contributed by atoms with Gasteiger partial charge in [0.1, 0.15) is 4.87 Å². The molecule has 0 bridgehead atoms. The number of ether oxygens (including phenoxy) is 1. The van der Waals surface area contributed by atoms with Crippen LogP contribution in [0.15, 0.2) is 12.8 Å². The Balaban J connectivity index is 3.88. The first-order valence-corrected chi connectivity index (χ1v) is 2.87. The average Bonchev–Trinajstić information content (AvgIpc) is 1.64. The van der Waals surface area contributed by atoms with E-state index in [0.29, 0.717) is 0 Å². The minimum Gasteiger partial charge on any atom is -0.434 e. The van der Waals surface area contributed by atoms with Crippen molar-refractivity contribution in [2.45, 2.75) is 18.7 Å². The van der Waals surface area contributed by atoms with Gasteiger partial charge < -0.3 is 4.74 Å². The van der Waals surface area contributed by atoms with E-state index in [1.807, 2.05) is 0 Å². The molecule has 0 unspecified atom stereocenters. The summed E-state index contributed by atoms with van der Waals surface area (Å²) < 4.78 is 4.40. The van der Waals surface area contributed by atoms with Crippen LogP contribution in [0.2, 0.25) is 0 Å². The molecule has 0 aromatic carbocycles. The largest absolute Gasteiger partial charge is 0.434 e. The smallest absolute Gasteiger partial charge is 0.331 e. The van der Waals surface area contributed by atoms with Gasteiger partial charge in [0, 0.05) is 0 Å². The van der Waals surface area contributed by atoms with Crippen LogP contribution in [0.4, 0.5) is 0 Å². The molecule has 3 heteroatoms. The Hall–Kier alpha value is -0.500. The van der Waals surface area contributed by atoms with Crippen molar-refractivity contribution in [1.29, 1.82) is 0 Å². The number of hydrogen-bond donors (Lipinski definition) is 0. The SMILES string of the molecule is C=COC(=O)C(C)(C)Cl. The lowest BCUT2D eigenvalue weighted by Gasteiger charge is -2.10. The summed E-state index contributed by atoms with van der Waals surface area (Å²) in [5.74, 6) is -0.487. The second-order valence-electron chi connectivity index (χ2n) is 2.04. The van der Waals surface area contributed by atoms with Crippen molar-refractivity contribution in [1.82, 2.24) is 0 Å². The van der Waals surface area contributed by atoms with Gasteiger partial charge in [0.25, 0.3) is 0 Å². The summed E-state index contributed by atoms with van der Waals surface area (Å²) in [7, 11) is 0. The van der Waals surface area contributed by atoms with E-state index in [0.717, 1.165) is 6.26 Å². The Morgan fingerprint density at radius 3 is 2.33 bits per heavy atom. The quantitative estimate of drug-likeness (QED) is 0.339. The van der Waals surface area contributed by atoms with Crippen LogP contribution in [-0.4, -0.2) is 10.8 Å². The van der Waals surface area contributed by atoms with Crippen molar-refractivity contribution in [2.75, 3.05) is 0 Å². The minimum absolute atomic E-state index is 0.487. The molecule has 0 radical (unpaired) electrons. The third kappa shape index (κ3) is 3.14. The van der Waals surface area contributed by atoms with Gasteiger partial charge in [0.2, 0.25) is 0 Å². The fraction of sp³-hybridized carbons (Fsp3) is 0.500. The van der Waals surface area contributed by atoms with E-state index in [-0.39, 0.29) is 0 Å². The summed E-state index contributed by atoms with van der Waals surface area (Å²) in [4.78, 5) is 9.69. The molecule has 0 rings (SSSR count). The Morgan fingerprint density at radius 1 is 1.78 bits per heavy atom. The maximum atomic E-state index is 10.6. The molecule has 0 aliphatic heterocycles. The van der Waals surface area contributed by atoms with E-state index in [4.69, 9.17) is 11.6 Å². The van der Waals surface area contributed by atoms with E-state index in [1.54, 1.807) is 13.8 Å². The van der Waals surface area contributed by atoms with Crippen LogP contribution in [0.1, 0.15) is 13.8 Å². The second-order valence-corrected chi connectivity index (χ2v) is 2.99. The van der Waals surface area contributed by atoms with Crippen molar-refractivity contribution in [3.05, 3.63) is 12.8 Å². The van der Waals surface area contributed by atoms with Gasteiger partial charge >= 0.3 is 5.97 Å². The first kappa shape index (κ1) is 8.50. The van der Waals surface area contributed by atoms with Crippen LogP contribution in [0.5, 0.6) is 0 Å². The van der Waals surface area contributed by atoms with E-state index < -0.39 is 10.8 Å². The van der Waals surface area contributed by atoms with Gasteiger partial charge in [-0.2, -0.15) is 0 Å². The molecule has 0 heterocycles. The predicted molar refractivity (Wildman–Crippen MR) is 36.2 cm³/mol. The number of rotatable bonds is 2. The number of halogens is 1. The first-order valence-electron chi connectivity index (χ1n) is 2.49. The zero-order valence-corrected chi connectivity index (χ0v) is 6.23. The molecule has 0 amide bonds. The van der Waals surface area contributed by atoms with E-state index in [2.05, 4.69) is 11.3 Å². The fourth-order valence-corrected chi connectivity index (χ4v) is 0.260. The third-order valence-corrected chi connectivity index (χ3v) is 0.830. The van der Waals surface area contributed by atoms with Crippen molar-refractivity contribution in [2.24, 2.45) is 0 Å². The van der Waals surface area contributed by atoms with E-state index in [9.17, 15) is 4.79 Å². The topological polar surface area (TPSA) is 26.3 Å². The lowest BCUT2D eigenvalue weighted by molar-refractivity contribution is -0.140. The maximum absolute atomic E-state index is 10.6. The Morgan fingerprint density at radius 2 is 2.22 bits per heavy atom. The molecule has 52 valence electrons. The van der Waals surface area contributed by atoms with Crippen molar-refractivity contribution < 1.29 is 9.53 Å². The van der Waals surface area contributed by atoms with Gasteiger partial charge in [-0.15, -0.1) is 11.6 Å². The fourth-order valence-electron chi connectivity index (χ4n) is 0.216. The van der Waals surface area contributed by atoms with Crippen LogP contribution in [0.25, 0.3) is 0 Å². The Bertz CT molecular complexity index is 124. The highest BCUT2D eigenvalue weighted by Crippen LogP contribution is 2.13. The van der Waals surface area contributed by atoms with Crippen molar-refractivity contribution >= 4 is 17.6 Å². The number of carbonyl (C=O) groups is 1. The van der Waals surface area contributed by atoms with Crippen LogP contribution in [0, 0.1) is 0 Å². The van der Waals surface area contributed by atoms with Crippen molar-refractivity contribution in [3.63, 3.8) is 0 Å². The van der Waals surface area contributed by atoms with Gasteiger partial charge in [0.15, 0.2) is 0 Å². The number of hydrogen-bond acceptors (Lipinski definition) is 2. The molecule has 0 aliphatic carbocycles. The van der Waals surface area contributed by atoms with E-state index >= 15 is 0 Å². The summed E-state index contributed by atoms with van der Waals surface area (Å²) >= 11 is 5.54. The maximum Gasteiger partial charge on any atom is 0.331 e. The van der Waals surface area contributed by atoms with Crippen LogP contribution in [-0.2, 0) is 9.53 Å². The standard InChI is InChI=1S/C6H9ClO2/c1-4-9-5(8)6(2,3)7/h4H,1H2,2-3H3. The third-order valence-electron chi connectivity index (χ3n) is 0.676. The lowest BCUT2D eigenvalue weighted by atomic mass is 10.2. The predicted octanol–water partition coefficient (Wildman–Crippen LogP) is 1.69. The summed E-state index contributed by atoms with van der Waals surface area (Å²) in [6, 6.07) is 0. The zero-order chi connectivity index (χ0) is 7.49. The zero-order valence-electron chi connectivity index (χ0n) is 5.48. The summed E-state index contributed by atoms with van der Waals surface area (Å²) in [5, 5.41) is 0. The van der Waals surface area contributed by atoms with Gasteiger partial charge in [0.05, 0.1) is 6.26 Å². The van der Waals surface area contributed by atoms with Crippen LogP contribution < -0.4 is 0 Å². The van der Waals surface area contributed by atoms with Gasteiger partial charge in [-0.3, -0.25) is 0 Å². The molecule has 0 saturated heterocycles. The molecular formula is C6H9ClO2. The van der Waals surface area contributed by atoms with Gasteiger partial charge in [-0.1, -0.05) is 6.58 Å². The van der Waals surface area contributed by atoms with Crippen LogP contribution >= 0.6 is 11.6 Å². The molecule has 9 heavy (non-hydrogen) atoms. The molecule has 0 aromatic rings. The molecule has 2 nitrogen and oxygen atoms in total. The normalized spacial score (nSPS) is 10.6. The summed E-state index contributed by atoms with van der Waals surface area (Å²) in [6.45, 7) is 6.32. The Labute approximate surface area is 59.5 Å². The molecule has 0 aromatic heterocycles. The van der Waals surface area contributed by atoms with Crippen molar-refractivity contribution in [3.8, 4) is 0 Å². The monoisotopic (exact) mass is 148 g/mol. The highest BCUT2D eigenvalue weighted by molar-refractivity contribution is 6.33. The number of alkyl halides is 1. The summed E-state index contributed by atoms with van der Waals surface area (Å²) in [6.07, 6.45) is 1.06. The molecular weight excluding hydrogens is 140 g/mol. The molecule has 0 fully saturated rings. The first-order chi connectivity index (χ1) is 3.98. The lowest BCUT2D eigenvalue weighted by Crippen LogP contribution is -2.25. The molecule has 0 N–H and O–H groups in total. The highest BCUT2D eigenvalue weighted by Gasteiger charge is 2.25. The Kier molecular flexibility index (Phi) is 2.71. The second kappa shape index (κ2) is 2.87.